The quantitative estimate of drug-likeness (QED) is 0.732. The smallest absolute Gasteiger partial charge is 0.213 e. The fourth-order valence-electron chi connectivity index (χ4n) is 2.08. The maximum Gasteiger partial charge on any atom is 0.213 e. The van der Waals surface area contributed by atoms with Crippen molar-refractivity contribution in [3.8, 4) is 11.1 Å². The van der Waals surface area contributed by atoms with Crippen molar-refractivity contribution >= 4 is 45.2 Å². The first-order chi connectivity index (χ1) is 10.2. The number of aryl methyl sites for hydroxylation is 1. The second-order valence-corrected chi connectivity index (χ2v) is 5.98. The molecule has 1 aromatic carbocycles. The molecule has 1 amide bonds. The molecule has 0 bridgehead atoms. The van der Waals surface area contributed by atoms with Crippen molar-refractivity contribution in [1.29, 1.82) is 0 Å². The first-order valence-corrected chi connectivity index (χ1v) is 7.61. The lowest BCUT2D eigenvalue weighted by atomic mass is 10.0. The van der Waals surface area contributed by atoms with Crippen molar-refractivity contribution in [2.24, 2.45) is 0 Å². The van der Waals surface area contributed by atoms with Gasteiger partial charge in [0.25, 0.3) is 0 Å². The number of carbonyl (C=O) groups is 1. The maximum absolute atomic E-state index is 12.5. The van der Waals surface area contributed by atoms with Gasteiger partial charge in [0.1, 0.15) is 17.2 Å². The summed E-state index contributed by atoms with van der Waals surface area (Å²) in [6.07, 6.45) is 2.28. The van der Waals surface area contributed by atoms with Crippen LogP contribution in [0, 0.1) is 6.92 Å². The van der Waals surface area contributed by atoms with E-state index in [9.17, 15) is 8.68 Å². The topological polar surface area (TPSA) is 54.9 Å². The molecular formula is C14H10FN3OS2. The molecule has 3 rings (SSSR count). The number of carbonyl (C=O) groups excluding carboxylic acids is 1. The molecule has 106 valence electrons. The van der Waals surface area contributed by atoms with Gasteiger partial charge in [-0.3, -0.25) is 4.79 Å². The first kappa shape index (κ1) is 14.0. The number of nitrogens with zero attached hydrogens (tertiary/aromatic N) is 2. The van der Waals surface area contributed by atoms with Crippen molar-refractivity contribution < 1.29 is 8.68 Å². The van der Waals surface area contributed by atoms with Crippen molar-refractivity contribution in [3.63, 3.8) is 0 Å². The van der Waals surface area contributed by atoms with E-state index >= 15 is 0 Å². The number of hydrogen-bond donors (Lipinski definition) is 1. The van der Waals surface area contributed by atoms with Crippen LogP contribution in [0.15, 0.2) is 35.5 Å². The van der Waals surface area contributed by atoms with Gasteiger partial charge < -0.3 is 5.32 Å². The van der Waals surface area contributed by atoms with E-state index in [0.717, 1.165) is 26.9 Å². The number of fused-ring (bicyclic) bond motifs is 1. The average Bonchev–Trinajstić information content (AvgIpc) is 2.88. The van der Waals surface area contributed by atoms with Crippen molar-refractivity contribution in [3.05, 3.63) is 36.0 Å². The minimum Gasteiger partial charge on any atom is -0.305 e. The zero-order chi connectivity index (χ0) is 14.8. The summed E-state index contributed by atoms with van der Waals surface area (Å²) in [6.45, 7) is 1.92. The van der Waals surface area contributed by atoms with Gasteiger partial charge in [0.05, 0.1) is 10.2 Å². The Labute approximate surface area is 128 Å². The van der Waals surface area contributed by atoms with Gasteiger partial charge in [-0.05, 0) is 36.2 Å². The molecular weight excluding hydrogens is 309 g/mol. The zero-order valence-electron chi connectivity index (χ0n) is 11.0. The van der Waals surface area contributed by atoms with Crippen molar-refractivity contribution in [2.75, 3.05) is 5.32 Å². The van der Waals surface area contributed by atoms with Gasteiger partial charge >= 0.3 is 0 Å². The lowest BCUT2D eigenvalue weighted by Gasteiger charge is -2.06. The molecule has 3 aromatic rings. The van der Waals surface area contributed by atoms with Gasteiger partial charge in [0.15, 0.2) is 5.13 Å². The summed E-state index contributed by atoms with van der Waals surface area (Å²) in [4.78, 5) is 18.8. The Kier molecular flexibility index (Phi) is 3.85. The lowest BCUT2D eigenvalue weighted by molar-refractivity contribution is -0.105. The van der Waals surface area contributed by atoms with Gasteiger partial charge in [-0.2, -0.15) is 3.89 Å². The molecule has 0 aliphatic rings. The summed E-state index contributed by atoms with van der Waals surface area (Å²) >= 11 is 1.54. The summed E-state index contributed by atoms with van der Waals surface area (Å²) in [7, 11) is 0. The number of rotatable bonds is 4. The number of aromatic nitrogens is 2. The van der Waals surface area contributed by atoms with E-state index in [4.69, 9.17) is 0 Å². The monoisotopic (exact) mass is 319 g/mol. The molecule has 2 aromatic heterocycles. The zero-order valence-corrected chi connectivity index (χ0v) is 12.6. The molecule has 0 aliphatic carbocycles. The normalized spacial score (nSPS) is 10.8. The van der Waals surface area contributed by atoms with E-state index in [1.54, 1.807) is 12.3 Å². The third kappa shape index (κ3) is 2.74. The van der Waals surface area contributed by atoms with Gasteiger partial charge in [-0.15, -0.1) is 0 Å². The Bertz CT molecular complexity index is 819. The predicted molar refractivity (Wildman–Crippen MR) is 84.2 cm³/mol. The molecule has 7 heteroatoms. The highest BCUT2D eigenvalue weighted by molar-refractivity contribution is 7.94. The van der Waals surface area contributed by atoms with Crippen molar-refractivity contribution in [2.45, 2.75) is 11.9 Å². The van der Waals surface area contributed by atoms with Gasteiger partial charge in [0, 0.05) is 11.8 Å². The molecule has 2 heterocycles. The van der Waals surface area contributed by atoms with Crippen LogP contribution in [-0.2, 0) is 4.79 Å². The number of halogens is 1. The minimum atomic E-state index is 0.138. The van der Waals surface area contributed by atoms with E-state index in [1.165, 1.54) is 11.3 Å². The highest BCUT2D eigenvalue weighted by Crippen LogP contribution is 2.32. The van der Waals surface area contributed by atoms with Gasteiger partial charge in [-0.1, -0.05) is 17.4 Å². The molecule has 4 nitrogen and oxygen atoms in total. The summed E-state index contributed by atoms with van der Waals surface area (Å²) in [6, 6.07) is 7.55. The van der Waals surface area contributed by atoms with Gasteiger partial charge in [-0.25, -0.2) is 9.97 Å². The third-order valence-corrected chi connectivity index (χ3v) is 4.38. The largest absolute Gasteiger partial charge is 0.305 e. The average molecular weight is 319 g/mol. The van der Waals surface area contributed by atoms with Crippen LogP contribution in [0.5, 0.6) is 0 Å². The number of amides is 1. The molecule has 0 saturated carbocycles. The van der Waals surface area contributed by atoms with Crippen LogP contribution in [0.25, 0.3) is 21.3 Å². The number of nitrogens with one attached hydrogen (secondary N) is 1. The summed E-state index contributed by atoms with van der Waals surface area (Å²) < 4.78 is 13.5. The number of anilines is 1. The molecule has 0 saturated heterocycles. The number of hydrogen-bond acceptors (Lipinski definition) is 5. The highest BCUT2D eigenvalue weighted by Gasteiger charge is 2.08. The van der Waals surface area contributed by atoms with Crippen LogP contribution in [0.1, 0.15) is 5.56 Å². The number of thiazole rings is 1. The Hall–Kier alpha value is -1.99. The SMILES string of the molecule is Cc1cc(SF)ncc1-c1ccc2nc(NC=O)sc2c1. The Morgan fingerprint density at radius 3 is 2.95 bits per heavy atom. The highest BCUT2D eigenvalue weighted by atomic mass is 32.2. The summed E-state index contributed by atoms with van der Waals surface area (Å²) in [5.41, 5.74) is 3.73. The van der Waals surface area contributed by atoms with E-state index in [-0.39, 0.29) is 12.1 Å². The Morgan fingerprint density at radius 1 is 1.38 bits per heavy atom. The standard InChI is InChI=1S/C14H10FN3OS2/c1-8-4-13(21-15)16-6-10(8)9-2-3-11-12(5-9)20-14(18-11)17-7-19/h2-7H,1H3,(H,17,18,19). The van der Waals surface area contributed by atoms with Crippen LogP contribution < -0.4 is 5.32 Å². The maximum atomic E-state index is 12.5. The molecule has 0 atom stereocenters. The molecule has 0 unspecified atom stereocenters. The minimum absolute atomic E-state index is 0.138. The molecule has 0 radical (unpaired) electrons. The van der Waals surface area contributed by atoms with Crippen LogP contribution in [0.2, 0.25) is 0 Å². The van der Waals surface area contributed by atoms with Gasteiger partial charge in [0.2, 0.25) is 6.41 Å². The van der Waals surface area contributed by atoms with E-state index in [0.29, 0.717) is 16.6 Å². The summed E-state index contributed by atoms with van der Waals surface area (Å²) in [5.74, 6) is 0. The van der Waals surface area contributed by atoms with Crippen LogP contribution in [-0.4, -0.2) is 16.4 Å². The van der Waals surface area contributed by atoms with Crippen LogP contribution in [0.4, 0.5) is 9.02 Å². The Morgan fingerprint density at radius 2 is 2.24 bits per heavy atom. The van der Waals surface area contributed by atoms with Crippen LogP contribution >= 0.6 is 23.5 Å². The predicted octanol–water partition coefficient (Wildman–Crippen LogP) is 4.21. The molecule has 0 aliphatic heterocycles. The fraction of sp³-hybridized carbons (Fsp3) is 0.0714. The number of benzene rings is 1. The second-order valence-electron chi connectivity index (χ2n) is 4.38. The number of pyridine rings is 1. The fourth-order valence-corrected chi connectivity index (χ4v) is 3.26. The molecule has 0 fully saturated rings. The molecule has 0 spiro atoms. The summed E-state index contributed by atoms with van der Waals surface area (Å²) in [5, 5.41) is 3.47. The lowest BCUT2D eigenvalue weighted by Crippen LogP contribution is -1.91. The van der Waals surface area contributed by atoms with Crippen LogP contribution in [0.3, 0.4) is 0 Å². The van der Waals surface area contributed by atoms with E-state index in [2.05, 4.69) is 15.3 Å². The van der Waals surface area contributed by atoms with Crippen molar-refractivity contribution in [1.82, 2.24) is 9.97 Å². The Balaban J connectivity index is 2.06. The third-order valence-electron chi connectivity index (χ3n) is 3.05. The molecule has 21 heavy (non-hydrogen) atoms. The second kappa shape index (κ2) is 5.79. The molecule has 1 N–H and O–H groups in total. The van der Waals surface area contributed by atoms with E-state index < -0.39 is 0 Å². The first-order valence-electron chi connectivity index (χ1n) is 6.07. The van der Waals surface area contributed by atoms with E-state index in [1.807, 2.05) is 25.1 Å².